The Labute approximate surface area is 120 Å². The van der Waals surface area contributed by atoms with Gasteiger partial charge in [-0.1, -0.05) is 19.9 Å². The standard InChI is InChI=1S/C14H22N2O3S/c1-14(2,7-8-15)10-16-13(17)11-5-4-6-12(9-11)20(3,18)19/h4-6,9H,7-8,10,15H2,1-3H3,(H,16,17). The Bertz CT molecular complexity index is 580. The molecule has 0 saturated carbocycles. The summed E-state index contributed by atoms with van der Waals surface area (Å²) in [6.45, 7) is 5.10. The molecular formula is C14H22N2O3S. The number of carbonyl (C=O) groups is 1. The summed E-state index contributed by atoms with van der Waals surface area (Å²) in [5, 5.41) is 2.81. The first-order chi connectivity index (χ1) is 9.15. The summed E-state index contributed by atoms with van der Waals surface area (Å²) in [7, 11) is -3.31. The van der Waals surface area contributed by atoms with E-state index in [1.165, 1.54) is 12.1 Å². The van der Waals surface area contributed by atoms with Gasteiger partial charge >= 0.3 is 0 Å². The Morgan fingerprint density at radius 2 is 2.00 bits per heavy atom. The highest BCUT2D eigenvalue weighted by Crippen LogP contribution is 2.18. The largest absolute Gasteiger partial charge is 0.352 e. The first kappa shape index (κ1) is 16.7. The summed E-state index contributed by atoms with van der Waals surface area (Å²) >= 11 is 0. The Hall–Kier alpha value is -1.40. The predicted molar refractivity (Wildman–Crippen MR) is 79.3 cm³/mol. The van der Waals surface area contributed by atoms with Gasteiger partial charge in [0.15, 0.2) is 9.84 Å². The Morgan fingerprint density at radius 1 is 1.35 bits per heavy atom. The first-order valence-corrected chi connectivity index (χ1v) is 8.33. The van der Waals surface area contributed by atoms with E-state index in [2.05, 4.69) is 5.32 Å². The van der Waals surface area contributed by atoms with Gasteiger partial charge in [0.05, 0.1) is 4.90 Å². The summed E-state index contributed by atoms with van der Waals surface area (Å²) in [6.07, 6.45) is 1.92. The molecule has 0 heterocycles. The van der Waals surface area contributed by atoms with Crippen LogP contribution in [0.3, 0.4) is 0 Å². The molecule has 3 N–H and O–H groups in total. The molecule has 0 atom stereocenters. The molecule has 6 heteroatoms. The van der Waals surface area contributed by atoms with Crippen LogP contribution in [0.1, 0.15) is 30.6 Å². The number of nitrogens with two attached hydrogens (primary N) is 1. The number of hydrogen-bond donors (Lipinski definition) is 2. The first-order valence-electron chi connectivity index (χ1n) is 6.44. The summed E-state index contributed by atoms with van der Waals surface area (Å²) in [5.41, 5.74) is 5.78. The third-order valence-corrected chi connectivity index (χ3v) is 4.18. The Balaban J connectivity index is 2.79. The van der Waals surface area contributed by atoms with Gasteiger partial charge in [0.1, 0.15) is 0 Å². The van der Waals surface area contributed by atoms with Crippen molar-refractivity contribution in [2.75, 3.05) is 19.3 Å². The van der Waals surface area contributed by atoms with E-state index in [0.29, 0.717) is 18.7 Å². The molecule has 0 aliphatic heterocycles. The van der Waals surface area contributed by atoms with Crippen LogP contribution < -0.4 is 11.1 Å². The molecule has 0 aliphatic carbocycles. The Kier molecular flexibility index (Phi) is 5.30. The topological polar surface area (TPSA) is 89.3 Å². The van der Waals surface area contributed by atoms with Crippen molar-refractivity contribution in [3.8, 4) is 0 Å². The van der Waals surface area contributed by atoms with Crippen molar-refractivity contribution in [1.29, 1.82) is 0 Å². The summed E-state index contributed by atoms with van der Waals surface area (Å²) < 4.78 is 22.9. The molecule has 0 radical (unpaired) electrons. The predicted octanol–water partition coefficient (Wildman–Crippen LogP) is 1.19. The molecular weight excluding hydrogens is 276 g/mol. The fraction of sp³-hybridized carbons (Fsp3) is 0.500. The van der Waals surface area contributed by atoms with Gasteiger partial charge in [0.25, 0.3) is 5.91 Å². The lowest BCUT2D eigenvalue weighted by Crippen LogP contribution is -2.35. The van der Waals surface area contributed by atoms with Crippen molar-refractivity contribution >= 4 is 15.7 Å². The van der Waals surface area contributed by atoms with E-state index in [9.17, 15) is 13.2 Å². The van der Waals surface area contributed by atoms with Gasteiger partial charge < -0.3 is 11.1 Å². The zero-order chi connectivity index (χ0) is 15.4. The minimum absolute atomic E-state index is 0.0845. The maximum absolute atomic E-state index is 12.0. The highest BCUT2D eigenvalue weighted by atomic mass is 32.2. The van der Waals surface area contributed by atoms with Crippen molar-refractivity contribution in [2.24, 2.45) is 11.1 Å². The number of nitrogens with one attached hydrogen (secondary N) is 1. The second kappa shape index (κ2) is 6.37. The van der Waals surface area contributed by atoms with Crippen LogP contribution in [0.4, 0.5) is 0 Å². The fourth-order valence-electron chi connectivity index (χ4n) is 1.77. The van der Waals surface area contributed by atoms with Gasteiger partial charge in [-0.25, -0.2) is 8.42 Å². The third-order valence-electron chi connectivity index (χ3n) is 3.07. The number of hydrogen-bond acceptors (Lipinski definition) is 4. The molecule has 1 aromatic rings. The van der Waals surface area contributed by atoms with Gasteiger partial charge in [-0.2, -0.15) is 0 Å². The lowest BCUT2D eigenvalue weighted by Gasteiger charge is -2.24. The van der Waals surface area contributed by atoms with Crippen LogP contribution in [0.25, 0.3) is 0 Å². The average Bonchev–Trinajstić information content (AvgIpc) is 2.35. The van der Waals surface area contributed by atoms with E-state index in [0.717, 1.165) is 12.7 Å². The molecule has 0 aliphatic rings. The van der Waals surface area contributed by atoms with Crippen LogP contribution in [0, 0.1) is 5.41 Å². The number of sulfone groups is 1. The van der Waals surface area contributed by atoms with Crippen molar-refractivity contribution in [2.45, 2.75) is 25.2 Å². The molecule has 0 spiro atoms. The maximum atomic E-state index is 12.0. The second-order valence-electron chi connectivity index (χ2n) is 5.69. The summed E-state index contributed by atoms with van der Waals surface area (Å²) in [5.74, 6) is -0.277. The maximum Gasteiger partial charge on any atom is 0.251 e. The van der Waals surface area contributed by atoms with E-state index in [1.807, 2.05) is 13.8 Å². The molecule has 0 unspecified atom stereocenters. The van der Waals surface area contributed by atoms with Crippen molar-refractivity contribution in [1.82, 2.24) is 5.32 Å². The number of amides is 1. The van der Waals surface area contributed by atoms with Gasteiger partial charge in [0.2, 0.25) is 0 Å². The number of carbonyl (C=O) groups excluding carboxylic acids is 1. The van der Waals surface area contributed by atoms with Crippen LogP contribution >= 0.6 is 0 Å². The van der Waals surface area contributed by atoms with E-state index < -0.39 is 9.84 Å². The average molecular weight is 298 g/mol. The fourth-order valence-corrected chi connectivity index (χ4v) is 2.44. The minimum atomic E-state index is -3.31. The Morgan fingerprint density at radius 3 is 2.55 bits per heavy atom. The molecule has 0 aromatic heterocycles. The third kappa shape index (κ3) is 4.94. The quantitative estimate of drug-likeness (QED) is 0.825. The molecule has 1 aromatic carbocycles. The van der Waals surface area contributed by atoms with E-state index >= 15 is 0 Å². The molecule has 20 heavy (non-hydrogen) atoms. The molecule has 112 valence electrons. The highest BCUT2D eigenvalue weighted by Gasteiger charge is 2.18. The smallest absolute Gasteiger partial charge is 0.251 e. The van der Waals surface area contributed by atoms with E-state index in [-0.39, 0.29) is 16.2 Å². The van der Waals surface area contributed by atoms with Gasteiger partial charge in [-0.3, -0.25) is 4.79 Å². The van der Waals surface area contributed by atoms with Crippen molar-refractivity contribution in [3.05, 3.63) is 29.8 Å². The van der Waals surface area contributed by atoms with Crippen molar-refractivity contribution in [3.63, 3.8) is 0 Å². The normalized spacial score (nSPS) is 12.2. The molecule has 0 saturated heterocycles. The molecule has 1 rings (SSSR count). The lowest BCUT2D eigenvalue weighted by atomic mass is 9.89. The highest BCUT2D eigenvalue weighted by molar-refractivity contribution is 7.90. The SMILES string of the molecule is CC(C)(CCN)CNC(=O)c1cccc(S(C)(=O)=O)c1. The van der Waals surface area contributed by atoms with Crippen LogP contribution in [0.5, 0.6) is 0 Å². The summed E-state index contributed by atoms with van der Waals surface area (Å²) in [4.78, 5) is 12.2. The molecule has 0 bridgehead atoms. The van der Waals surface area contributed by atoms with E-state index in [1.54, 1.807) is 12.1 Å². The van der Waals surface area contributed by atoms with Crippen molar-refractivity contribution < 1.29 is 13.2 Å². The molecule has 0 fully saturated rings. The summed E-state index contributed by atoms with van der Waals surface area (Å²) in [6, 6.07) is 6.03. The van der Waals surface area contributed by atoms with Crippen LogP contribution in [-0.4, -0.2) is 33.7 Å². The zero-order valence-electron chi connectivity index (χ0n) is 12.1. The molecule has 1 amide bonds. The van der Waals surface area contributed by atoms with Crippen LogP contribution in [0.15, 0.2) is 29.2 Å². The number of rotatable bonds is 6. The zero-order valence-corrected chi connectivity index (χ0v) is 13.0. The monoisotopic (exact) mass is 298 g/mol. The second-order valence-corrected chi connectivity index (χ2v) is 7.70. The van der Waals surface area contributed by atoms with Gasteiger partial charge in [0, 0.05) is 18.4 Å². The molecule has 5 nitrogen and oxygen atoms in total. The van der Waals surface area contributed by atoms with Crippen LogP contribution in [-0.2, 0) is 9.84 Å². The van der Waals surface area contributed by atoms with Gasteiger partial charge in [-0.15, -0.1) is 0 Å². The lowest BCUT2D eigenvalue weighted by molar-refractivity contribution is 0.0935. The number of benzene rings is 1. The van der Waals surface area contributed by atoms with Crippen LogP contribution in [0.2, 0.25) is 0 Å². The van der Waals surface area contributed by atoms with Gasteiger partial charge in [-0.05, 0) is 36.6 Å². The van der Waals surface area contributed by atoms with E-state index in [4.69, 9.17) is 5.73 Å². The minimum Gasteiger partial charge on any atom is -0.352 e.